The zero-order valence-electron chi connectivity index (χ0n) is 20.2. The first-order valence-corrected chi connectivity index (χ1v) is 12.4. The Morgan fingerprint density at radius 2 is 2.18 bits per heavy atom. The number of aliphatic hydroxyl groups excluding tert-OH is 2. The van der Waals surface area contributed by atoms with Gasteiger partial charge in [0, 0.05) is 43.2 Å². The quantitative estimate of drug-likeness (QED) is 0.268. The first-order valence-electron chi connectivity index (χ1n) is 12.4. The van der Waals surface area contributed by atoms with Crippen molar-refractivity contribution in [3.8, 4) is 17.6 Å². The fourth-order valence-corrected chi connectivity index (χ4v) is 4.91. The van der Waals surface area contributed by atoms with Crippen molar-refractivity contribution in [2.24, 2.45) is 11.8 Å². The van der Waals surface area contributed by atoms with E-state index in [-0.39, 0.29) is 29.8 Å². The van der Waals surface area contributed by atoms with Crippen molar-refractivity contribution in [3.05, 3.63) is 41.5 Å². The second kappa shape index (κ2) is 12.3. The van der Waals surface area contributed by atoms with E-state index in [1.807, 2.05) is 25.1 Å². The van der Waals surface area contributed by atoms with Crippen LogP contribution in [-0.4, -0.2) is 41.0 Å². The van der Waals surface area contributed by atoms with Gasteiger partial charge in [-0.2, -0.15) is 0 Å². The van der Waals surface area contributed by atoms with Gasteiger partial charge in [0.25, 0.3) is 0 Å². The molecule has 1 aliphatic heterocycles. The van der Waals surface area contributed by atoms with Crippen LogP contribution in [0.25, 0.3) is 0 Å². The predicted octanol–water partition coefficient (Wildman–Crippen LogP) is 4.12. The van der Waals surface area contributed by atoms with Crippen LogP contribution >= 0.6 is 0 Å². The summed E-state index contributed by atoms with van der Waals surface area (Å²) < 4.78 is 6.33. The van der Waals surface area contributed by atoms with Crippen molar-refractivity contribution in [3.63, 3.8) is 0 Å². The van der Waals surface area contributed by atoms with Crippen LogP contribution in [0.5, 0.6) is 5.75 Å². The number of carbonyl (C=O) groups is 1. The number of ether oxygens (including phenoxy) is 1. The zero-order valence-corrected chi connectivity index (χ0v) is 20.2. The number of hydrogen-bond acceptors (Lipinski definition) is 4. The minimum Gasteiger partial charge on any atom is -0.489 e. The lowest BCUT2D eigenvalue weighted by Crippen LogP contribution is -2.24. The number of aliphatic hydroxyl groups is 2. The number of carbonyl (C=O) groups excluding carboxylic acids is 1. The van der Waals surface area contributed by atoms with Gasteiger partial charge in [-0.15, -0.1) is 11.8 Å². The highest BCUT2D eigenvalue weighted by Gasteiger charge is 2.48. The van der Waals surface area contributed by atoms with Crippen LogP contribution in [0.1, 0.15) is 76.3 Å². The lowest BCUT2D eigenvalue weighted by molar-refractivity contribution is -0.121. The number of para-hydroxylation sites is 1. The largest absolute Gasteiger partial charge is 0.489 e. The van der Waals surface area contributed by atoms with Crippen LogP contribution in [0.15, 0.2) is 30.4 Å². The van der Waals surface area contributed by atoms with Gasteiger partial charge in [-0.1, -0.05) is 50.6 Å². The van der Waals surface area contributed by atoms with Crippen molar-refractivity contribution in [1.29, 1.82) is 0 Å². The highest BCUT2D eigenvalue weighted by atomic mass is 16.5. The van der Waals surface area contributed by atoms with Gasteiger partial charge in [0.1, 0.15) is 11.9 Å². The van der Waals surface area contributed by atoms with E-state index >= 15 is 0 Å². The lowest BCUT2D eigenvalue weighted by atomic mass is 9.86. The molecule has 0 radical (unpaired) electrons. The van der Waals surface area contributed by atoms with E-state index in [1.165, 1.54) is 0 Å². The topological polar surface area (TPSA) is 78.8 Å². The molecule has 1 aliphatic carbocycles. The number of aryl methyl sites for hydroxylation is 1. The van der Waals surface area contributed by atoms with Crippen molar-refractivity contribution < 1.29 is 19.7 Å². The Bertz CT molecular complexity index is 884. The van der Waals surface area contributed by atoms with E-state index in [4.69, 9.17) is 4.74 Å². The third-order valence-corrected chi connectivity index (χ3v) is 6.91. The first-order chi connectivity index (χ1) is 16.0. The normalized spacial score (nSPS) is 25.0. The van der Waals surface area contributed by atoms with Crippen LogP contribution in [0, 0.1) is 23.7 Å². The van der Waals surface area contributed by atoms with E-state index in [9.17, 15) is 15.0 Å². The van der Waals surface area contributed by atoms with Gasteiger partial charge in [0.2, 0.25) is 5.91 Å². The third kappa shape index (κ3) is 6.40. The molecular formula is C28H39NO4. The molecule has 0 spiro atoms. The fraction of sp³-hybridized carbons (Fsp3) is 0.607. The molecule has 1 fully saturated rings. The minimum absolute atomic E-state index is 0.0425. The number of amides is 1. The van der Waals surface area contributed by atoms with E-state index in [2.05, 4.69) is 36.2 Å². The molecular weight excluding hydrogens is 414 g/mol. The van der Waals surface area contributed by atoms with E-state index in [0.717, 1.165) is 49.1 Å². The van der Waals surface area contributed by atoms with Crippen LogP contribution in [0.3, 0.4) is 0 Å². The molecule has 0 bridgehead atoms. The molecule has 3 rings (SSSR count). The number of unbranched alkanes of at least 4 members (excludes halogenated alkanes) is 1. The molecule has 5 nitrogen and oxygen atoms in total. The van der Waals surface area contributed by atoms with Gasteiger partial charge in [-0.25, -0.2) is 0 Å². The second-order valence-corrected chi connectivity index (χ2v) is 9.44. The average molecular weight is 454 g/mol. The summed E-state index contributed by atoms with van der Waals surface area (Å²) in [6, 6.07) is 6.22. The monoisotopic (exact) mass is 453 g/mol. The summed E-state index contributed by atoms with van der Waals surface area (Å²) in [5.41, 5.74) is 2.27. The minimum atomic E-state index is -0.589. The summed E-state index contributed by atoms with van der Waals surface area (Å²) in [7, 11) is 0. The Hall–Kier alpha value is -2.29. The molecule has 6 atom stereocenters. The lowest BCUT2D eigenvalue weighted by Gasteiger charge is -2.19. The molecule has 1 heterocycles. The number of fused-ring (bicyclic) bond motifs is 3. The molecule has 180 valence electrons. The number of rotatable bonds is 11. The maximum atomic E-state index is 12.0. The van der Waals surface area contributed by atoms with Gasteiger partial charge in [-0.3, -0.25) is 4.79 Å². The number of hydrogen-bond donors (Lipinski definition) is 3. The predicted molar refractivity (Wildman–Crippen MR) is 131 cm³/mol. The Balaban J connectivity index is 1.64. The summed E-state index contributed by atoms with van der Waals surface area (Å²) in [5, 5.41) is 24.1. The summed E-state index contributed by atoms with van der Waals surface area (Å²) >= 11 is 0. The Morgan fingerprint density at radius 1 is 1.36 bits per heavy atom. The molecule has 1 aromatic carbocycles. The van der Waals surface area contributed by atoms with Crippen LogP contribution in [0.2, 0.25) is 0 Å². The third-order valence-electron chi connectivity index (χ3n) is 6.91. The van der Waals surface area contributed by atoms with Gasteiger partial charge in [0.15, 0.2) is 0 Å². The standard InChI is InChI=1S/C28H39NO4/c1-4-6-10-19(3)23(30)16-15-21-24(31)18-25-27(21)22-13-8-11-20(28(22)33-25)12-9-14-26(32)29-17-7-5-2/h8,11,13,15-16,19,21,23-25,27,30-31H,5,7,9-10,12,14,17-18H2,1-3H3,(H,29,32)/b16-15+/t19-,21+,23-,24-,25+,27+/m1/s1. The van der Waals surface area contributed by atoms with Gasteiger partial charge < -0.3 is 20.3 Å². The van der Waals surface area contributed by atoms with Gasteiger partial charge in [0.05, 0.1) is 12.2 Å². The average Bonchev–Trinajstić information content (AvgIpc) is 3.31. The summed E-state index contributed by atoms with van der Waals surface area (Å²) in [6.45, 7) is 6.65. The van der Waals surface area contributed by atoms with Crippen molar-refractivity contribution in [2.45, 2.75) is 89.9 Å². The maximum Gasteiger partial charge on any atom is 0.220 e. The molecule has 1 amide bonds. The molecule has 2 aliphatic rings. The SMILES string of the molecule is CC#CC[C@@H](C)[C@H](O)/C=C/[C@@H]1[C@H]2c3cccc(CCCC(=O)NCCCC)c3O[C@H]2C[C@H]1O. The first kappa shape index (κ1) is 25.3. The fourth-order valence-electron chi connectivity index (χ4n) is 4.91. The summed E-state index contributed by atoms with van der Waals surface area (Å²) in [5.74, 6) is 6.97. The number of nitrogens with one attached hydrogen (secondary N) is 1. The molecule has 5 heteroatoms. The van der Waals surface area contributed by atoms with E-state index in [0.29, 0.717) is 19.3 Å². The maximum absolute atomic E-state index is 12.0. The van der Waals surface area contributed by atoms with E-state index < -0.39 is 12.2 Å². The Labute approximate surface area is 198 Å². The Kier molecular flexibility index (Phi) is 9.41. The highest BCUT2D eigenvalue weighted by molar-refractivity contribution is 5.75. The Morgan fingerprint density at radius 3 is 2.94 bits per heavy atom. The van der Waals surface area contributed by atoms with Crippen molar-refractivity contribution in [2.75, 3.05) is 6.54 Å². The van der Waals surface area contributed by atoms with Gasteiger partial charge >= 0.3 is 0 Å². The van der Waals surface area contributed by atoms with Gasteiger partial charge in [-0.05, 0) is 37.7 Å². The van der Waals surface area contributed by atoms with E-state index in [1.54, 1.807) is 6.92 Å². The molecule has 0 saturated heterocycles. The number of benzene rings is 1. The highest BCUT2D eigenvalue weighted by Crippen LogP contribution is 2.52. The smallest absolute Gasteiger partial charge is 0.220 e. The van der Waals surface area contributed by atoms with Crippen LogP contribution in [-0.2, 0) is 11.2 Å². The second-order valence-electron chi connectivity index (χ2n) is 9.44. The molecule has 1 aromatic rings. The molecule has 33 heavy (non-hydrogen) atoms. The molecule has 0 aromatic heterocycles. The van der Waals surface area contributed by atoms with Crippen molar-refractivity contribution in [1.82, 2.24) is 5.32 Å². The summed E-state index contributed by atoms with van der Waals surface area (Å²) in [4.78, 5) is 12.0. The molecule has 3 N–H and O–H groups in total. The molecule has 0 unspecified atom stereocenters. The summed E-state index contributed by atoms with van der Waals surface area (Å²) in [6.07, 6.45) is 8.07. The van der Waals surface area contributed by atoms with Crippen LogP contribution in [0.4, 0.5) is 0 Å². The molecule has 1 saturated carbocycles. The van der Waals surface area contributed by atoms with Crippen molar-refractivity contribution >= 4 is 5.91 Å². The van der Waals surface area contributed by atoms with Crippen LogP contribution < -0.4 is 10.1 Å². The zero-order chi connectivity index (χ0) is 23.8.